The molecule has 0 heterocycles. The number of ether oxygens (including phenoxy) is 2. The predicted octanol–water partition coefficient (Wildman–Crippen LogP) is 2.37. The Morgan fingerprint density at radius 1 is 1.11 bits per heavy atom. The van der Waals surface area contributed by atoms with Gasteiger partial charge in [-0.2, -0.15) is 5.26 Å². The van der Waals surface area contributed by atoms with Crippen molar-refractivity contribution in [2.75, 3.05) is 13.2 Å². The van der Waals surface area contributed by atoms with E-state index in [1.54, 1.807) is 36.4 Å². The lowest BCUT2D eigenvalue weighted by Gasteiger charge is -2.08. The molecule has 27 heavy (non-hydrogen) atoms. The van der Waals surface area contributed by atoms with E-state index in [2.05, 4.69) is 4.72 Å². The van der Waals surface area contributed by atoms with Crippen LogP contribution in [-0.2, 0) is 26.2 Å². The zero-order valence-electron chi connectivity index (χ0n) is 14.8. The van der Waals surface area contributed by atoms with Crippen molar-refractivity contribution in [1.29, 1.82) is 5.26 Å². The van der Waals surface area contributed by atoms with Crippen LogP contribution in [-0.4, -0.2) is 27.5 Å². The maximum Gasteiger partial charge on any atom is 0.307 e. The van der Waals surface area contributed by atoms with Gasteiger partial charge in [0.1, 0.15) is 12.4 Å². The van der Waals surface area contributed by atoms with Crippen molar-refractivity contribution < 1.29 is 22.7 Å². The molecule has 0 amide bonds. The smallest absolute Gasteiger partial charge is 0.307 e. The van der Waals surface area contributed by atoms with Gasteiger partial charge in [-0.15, -0.1) is 0 Å². The quantitative estimate of drug-likeness (QED) is 0.661. The zero-order chi connectivity index (χ0) is 19.7. The van der Waals surface area contributed by atoms with Gasteiger partial charge in [0, 0.05) is 6.54 Å². The van der Waals surface area contributed by atoms with Gasteiger partial charge in [0.2, 0.25) is 10.0 Å². The third kappa shape index (κ3) is 6.40. The standard InChI is InChI=1S/C19H20N2O5S/c1-2-25-17-7-9-18(10-8-17)27(23,24)21-12-11-19(22)26-14-16-5-3-15(13-20)4-6-16/h3-10,21H,2,11-12,14H2,1H3. The molecular weight excluding hydrogens is 368 g/mol. The van der Waals surface area contributed by atoms with Gasteiger partial charge < -0.3 is 9.47 Å². The van der Waals surface area contributed by atoms with E-state index in [0.717, 1.165) is 5.56 Å². The lowest BCUT2D eigenvalue weighted by molar-refractivity contribution is -0.144. The van der Waals surface area contributed by atoms with Gasteiger partial charge in [0.05, 0.1) is 29.6 Å². The number of nitrogens with zero attached hydrogens (tertiary/aromatic N) is 1. The number of nitriles is 1. The van der Waals surface area contributed by atoms with Crippen LogP contribution < -0.4 is 9.46 Å². The van der Waals surface area contributed by atoms with Gasteiger partial charge in [-0.05, 0) is 48.9 Å². The second kappa shape index (κ2) is 9.71. The first-order chi connectivity index (χ1) is 12.9. The van der Waals surface area contributed by atoms with E-state index in [0.29, 0.717) is 17.9 Å². The molecule has 0 saturated heterocycles. The van der Waals surface area contributed by atoms with Crippen LogP contribution in [0.25, 0.3) is 0 Å². The first-order valence-corrected chi connectivity index (χ1v) is 9.80. The summed E-state index contributed by atoms with van der Waals surface area (Å²) in [4.78, 5) is 11.8. The van der Waals surface area contributed by atoms with Crippen molar-refractivity contribution >= 4 is 16.0 Å². The van der Waals surface area contributed by atoms with Crippen molar-refractivity contribution in [1.82, 2.24) is 4.72 Å². The SMILES string of the molecule is CCOc1ccc(S(=O)(=O)NCCC(=O)OCc2ccc(C#N)cc2)cc1. The van der Waals surface area contributed by atoms with Gasteiger partial charge in [-0.1, -0.05) is 12.1 Å². The summed E-state index contributed by atoms with van der Waals surface area (Å²) in [5.41, 5.74) is 1.27. The van der Waals surface area contributed by atoms with Crippen molar-refractivity contribution in [3.63, 3.8) is 0 Å². The molecule has 2 rings (SSSR count). The van der Waals surface area contributed by atoms with E-state index in [1.165, 1.54) is 12.1 Å². The van der Waals surface area contributed by atoms with Crippen LogP contribution in [0.1, 0.15) is 24.5 Å². The summed E-state index contributed by atoms with van der Waals surface area (Å²) in [6.45, 7) is 2.33. The first kappa shape index (κ1) is 20.4. The Morgan fingerprint density at radius 3 is 2.37 bits per heavy atom. The molecule has 0 aromatic heterocycles. The van der Waals surface area contributed by atoms with Crippen LogP contribution >= 0.6 is 0 Å². The summed E-state index contributed by atoms with van der Waals surface area (Å²) < 4.78 is 37.1. The van der Waals surface area contributed by atoms with Gasteiger partial charge >= 0.3 is 5.97 Å². The normalized spacial score (nSPS) is 10.8. The Kier molecular flexibility index (Phi) is 7.34. The molecule has 142 valence electrons. The molecule has 7 nitrogen and oxygen atoms in total. The molecule has 0 atom stereocenters. The summed E-state index contributed by atoms with van der Waals surface area (Å²) in [6, 6.07) is 14.7. The van der Waals surface area contributed by atoms with E-state index >= 15 is 0 Å². The number of sulfonamides is 1. The molecule has 0 saturated carbocycles. The molecule has 0 fully saturated rings. The highest BCUT2D eigenvalue weighted by Crippen LogP contribution is 2.15. The number of hydrogen-bond acceptors (Lipinski definition) is 6. The Labute approximate surface area is 158 Å². The number of carbonyl (C=O) groups is 1. The fourth-order valence-corrected chi connectivity index (χ4v) is 3.20. The highest BCUT2D eigenvalue weighted by atomic mass is 32.2. The molecule has 0 aliphatic carbocycles. The number of nitrogens with one attached hydrogen (secondary N) is 1. The minimum absolute atomic E-state index is 0.0657. The molecular formula is C19H20N2O5S. The fraction of sp³-hybridized carbons (Fsp3) is 0.263. The van der Waals surface area contributed by atoms with E-state index in [-0.39, 0.29) is 24.5 Å². The predicted molar refractivity (Wildman–Crippen MR) is 98.4 cm³/mol. The highest BCUT2D eigenvalue weighted by molar-refractivity contribution is 7.89. The van der Waals surface area contributed by atoms with Gasteiger partial charge in [0.25, 0.3) is 0 Å². The Morgan fingerprint density at radius 2 is 1.78 bits per heavy atom. The first-order valence-electron chi connectivity index (χ1n) is 8.32. The average molecular weight is 388 g/mol. The summed E-state index contributed by atoms with van der Waals surface area (Å²) in [5.74, 6) is 0.0663. The zero-order valence-corrected chi connectivity index (χ0v) is 15.7. The van der Waals surface area contributed by atoms with Crippen LogP contribution in [0.2, 0.25) is 0 Å². The van der Waals surface area contributed by atoms with Crippen LogP contribution in [0.4, 0.5) is 0 Å². The van der Waals surface area contributed by atoms with E-state index < -0.39 is 16.0 Å². The summed E-state index contributed by atoms with van der Waals surface area (Å²) in [6.07, 6.45) is -0.0907. The molecule has 0 radical (unpaired) electrons. The Balaban J connectivity index is 1.78. The maximum absolute atomic E-state index is 12.2. The molecule has 2 aromatic carbocycles. The minimum Gasteiger partial charge on any atom is -0.494 e. The summed E-state index contributed by atoms with van der Waals surface area (Å²) in [7, 11) is -3.71. The van der Waals surface area contributed by atoms with E-state index in [4.69, 9.17) is 14.7 Å². The Bertz CT molecular complexity index is 901. The lowest BCUT2D eigenvalue weighted by atomic mass is 10.2. The molecule has 0 spiro atoms. The monoisotopic (exact) mass is 388 g/mol. The number of rotatable bonds is 9. The Hall–Kier alpha value is -2.89. The van der Waals surface area contributed by atoms with Crippen LogP contribution in [0.5, 0.6) is 5.75 Å². The lowest BCUT2D eigenvalue weighted by Crippen LogP contribution is -2.26. The largest absolute Gasteiger partial charge is 0.494 e. The fourth-order valence-electron chi connectivity index (χ4n) is 2.16. The van der Waals surface area contributed by atoms with Gasteiger partial charge in [0.15, 0.2) is 0 Å². The van der Waals surface area contributed by atoms with Gasteiger partial charge in [-0.25, -0.2) is 13.1 Å². The highest BCUT2D eigenvalue weighted by Gasteiger charge is 2.14. The molecule has 0 bridgehead atoms. The topological polar surface area (TPSA) is 105 Å². The third-order valence-corrected chi connectivity index (χ3v) is 5.03. The van der Waals surface area contributed by atoms with Crippen molar-refractivity contribution in [3.8, 4) is 11.8 Å². The van der Waals surface area contributed by atoms with E-state index in [1.807, 2.05) is 13.0 Å². The second-order valence-electron chi connectivity index (χ2n) is 5.52. The third-order valence-electron chi connectivity index (χ3n) is 3.55. The summed E-state index contributed by atoms with van der Waals surface area (Å²) in [5, 5.41) is 8.73. The van der Waals surface area contributed by atoms with Crippen LogP contribution in [0.15, 0.2) is 53.4 Å². The molecule has 0 aliphatic heterocycles. The number of esters is 1. The molecule has 0 unspecified atom stereocenters. The van der Waals surface area contributed by atoms with E-state index in [9.17, 15) is 13.2 Å². The van der Waals surface area contributed by atoms with Crippen LogP contribution in [0, 0.1) is 11.3 Å². The maximum atomic E-state index is 12.2. The molecule has 1 N–H and O–H groups in total. The van der Waals surface area contributed by atoms with Crippen molar-refractivity contribution in [3.05, 3.63) is 59.7 Å². The average Bonchev–Trinajstić information content (AvgIpc) is 2.67. The second-order valence-corrected chi connectivity index (χ2v) is 7.29. The molecule has 0 aliphatic rings. The van der Waals surface area contributed by atoms with Crippen molar-refractivity contribution in [2.24, 2.45) is 0 Å². The number of benzene rings is 2. The minimum atomic E-state index is -3.71. The summed E-state index contributed by atoms with van der Waals surface area (Å²) >= 11 is 0. The van der Waals surface area contributed by atoms with Gasteiger partial charge in [-0.3, -0.25) is 4.79 Å². The van der Waals surface area contributed by atoms with Crippen molar-refractivity contribution in [2.45, 2.75) is 24.8 Å². The number of carbonyl (C=O) groups excluding carboxylic acids is 1. The number of hydrogen-bond donors (Lipinski definition) is 1. The van der Waals surface area contributed by atoms with Crippen LogP contribution in [0.3, 0.4) is 0 Å². The molecule has 8 heteroatoms. The molecule has 2 aromatic rings.